The van der Waals surface area contributed by atoms with E-state index in [0.29, 0.717) is 12.3 Å². The van der Waals surface area contributed by atoms with E-state index in [1.165, 1.54) is 17.5 Å². The molecule has 1 aromatic rings. The average molecular weight is 253 g/mol. The fourth-order valence-electron chi connectivity index (χ4n) is 1.47. The van der Waals surface area contributed by atoms with Crippen molar-refractivity contribution in [3.8, 4) is 0 Å². The summed E-state index contributed by atoms with van der Waals surface area (Å²) in [5.74, 6) is 0.378. The van der Waals surface area contributed by atoms with Gasteiger partial charge in [0.15, 0.2) is 0 Å². The molecule has 0 bridgehead atoms. The number of carboxylic acids is 1. The van der Waals surface area contributed by atoms with Crippen LogP contribution < -0.4 is 4.72 Å². The summed E-state index contributed by atoms with van der Waals surface area (Å²) in [6, 6.07) is 9.54. The summed E-state index contributed by atoms with van der Waals surface area (Å²) in [5.41, 5.74) is 1.19. The highest BCUT2D eigenvalue weighted by molar-refractivity contribution is 7.96. The van der Waals surface area contributed by atoms with Gasteiger partial charge in [0.2, 0.25) is 0 Å². The van der Waals surface area contributed by atoms with Crippen molar-refractivity contribution < 1.29 is 9.90 Å². The van der Waals surface area contributed by atoms with E-state index in [1.54, 1.807) is 0 Å². The van der Waals surface area contributed by atoms with Crippen molar-refractivity contribution in [3.63, 3.8) is 0 Å². The van der Waals surface area contributed by atoms with E-state index in [9.17, 15) is 4.79 Å². The van der Waals surface area contributed by atoms with Crippen molar-refractivity contribution in [1.82, 2.24) is 4.72 Å². The molecule has 1 atom stereocenters. The van der Waals surface area contributed by atoms with E-state index in [0.717, 1.165) is 5.75 Å². The molecule has 2 N–H and O–H groups in total. The van der Waals surface area contributed by atoms with Crippen molar-refractivity contribution in [2.75, 3.05) is 0 Å². The van der Waals surface area contributed by atoms with Gasteiger partial charge in [-0.1, -0.05) is 56.1 Å². The molecule has 0 aliphatic carbocycles. The van der Waals surface area contributed by atoms with Crippen molar-refractivity contribution in [2.45, 2.75) is 32.1 Å². The summed E-state index contributed by atoms with van der Waals surface area (Å²) in [5, 5.41) is 9.04. The van der Waals surface area contributed by atoms with Crippen LogP contribution in [0.4, 0.5) is 0 Å². The first kappa shape index (κ1) is 14.1. The van der Waals surface area contributed by atoms with Gasteiger partial charge in [-0.2, -0.15) is 0 Å². The molecule has 0 fully saturated rings. The van der Waals surface area contributed by atoms with E-state index >= 15 is 0 Å². The SMILES string of the molecule is CC(C)CC(NSCc1ccccc1)C(=O)O. The quantitative estimate of drug-likeness (QED) is 0.734. The first-order valence-corrected chi connectivity index (χ1v) is 6.72. The maximum absolute atomic E-state index is 11.0. The monoisotopic (exact) mass is 253 g/mol. The zero-order chi connectivity index (χ0) is 12.7. The van der Waals surface area contributed by atoms with Gasteiger partial charge in [0.1, 0.15) is 6.04 Å². The van der Waals surface area contributed by atoms with Gasteiger partial charge in [0, 0.05) is 5.75 Å². The summed E-state index contributed by atoms with van der Waals surface area (Å²) in [6.07, 6.45) is 0.650. The molecule has 17 heavy (non-hydrogen) atoms. The van der Waals surface area contributed by atoms with Gasteiger partial charge in [-0.05, 0) is 17.9 Å². The number of hydrogen-bond acceptors (Lipinski definition) is 3. The largest absolute Gasteiger partial charge is 0.480 e. The molecule has 0 saturated heterocycles. The minimum Gasteiger partial charge on any atom is -0.480 e. The highest BCUT2D eigenvalue weighted by atomic mass is 32.2. The molecule has 0 spiro atoms. The third kappa shape index (κ3) is 5.75. The molecule has 0 aliphatic rings. The average Bonchev–Trinajstić information content (AvgIpc) is 2.28. The first-order chi connectivity index (χ1) is 8.09. The third-order valence-corrected chi connectivity index (χ3v) is 3.24. The molecule has 0 heterocycles. The zero-order valence-electron chi connectivity index (χ0n) is 10.2. The second kappa shape index (κ2) is 7.35. The van der Waals surface area contributed by atoms with Crippen LogP contribution in [0.3, 0.4) is 0 Å². The fourth-order valence-corrected chi connectivity index (χ4v) is 2.31. The molecule has 94 valence electrons. The zero-order valence-corrected chi connectivity index (χ0v) is 11.0. The molecule has 0 aliphatic heterocycles. The lowest BCUT2D eigenvalue weighted by Crippen LogP contribution is -2.33. The normalized spacial score (nSPS) is 12.6. The van der Waals surface area contributed by atoms with Crippen molar-refractivity contribution >= 4 is 17.9 Å². The Morgan fingerprint density at radius 2 is 2.00 bits per heavy atom. The fraction of sp³-hybridized carbons (Fsp3) is 0.462. The Hall–Kier alpha value is -1.00. The van der Waals surface area contributed by atoms with Crippen molar-refractivity contribution in [1.29, 1.82) is 0 Å². The summed E-state index contributed by atoms with van der Waals surface area (Å²) < 4.78 is 3.02. The first-order valence-electron chi connectivity index (χ1n) is 5.73. The van der Waals surface area contributed by atoms with E-state index in [4.69, 9.17) is 5.11 Å². The Morgan fingerprint density at radius 1 is 1.35 bits per heavy atom. The molecule has 0 aromatic heterocycles. The van der Waals surface area contributed by atoms with E-state index in [1.807, 2.05) is 44.2 Å². The minimum atomic E-state index is -0.778. The van der Waals surface area contributed by atoms with Crippen LogP contribution in [-0.2, 0) is 10.5 Å². The number of carboxylic acid groups (broad SMARTS) is 1. The predicted octanol–water partition coefficient (Wildman–Crippen LogP) is 2.92. The molecular formula is C13H19NO2S. The molecule has 1 aromatic carbocycles. The molecule has 1 rings (SSSR count). The van der Waals surface area contributed by atoms with Crippen LogP contribution in [0.5, 0.6) is 0 Å². The number of benzene rings is 1. The lowest BCUT2D eigenvalue weighted by Gasteiger charge is -2.15. The molecule has 4 heteroatoms. The summed E-state index contributed by atoms with van der Waals surface area (Å²) >= 11 is 1.45. The van der Waals surface area contributed by atoms with Crippen LogP contribution in [0.1, 0.15) is 25.8 Å². The van der Waals surface area contributed by atoms with Crippen LogP contribution in [0.15, 0.2) is 30.3 Å². The van der Waals surface area contributed by atoms with Gasteiger partial charge in [0.05, 0.1) is 0 Å². The van der Waals surface area contributed by atoms with E-state index in [2.05, 4.69) is 4.72 Å². The highest BCUT2D eigenvalue weighted by Crippen LogP contribution is 2.12. The number of nitrogens with one attached hydrogen (secondary N) is 1. The smallest absolute Gasteiger partial charge is 0.321 e. The Morgan fingerprint density at radius 3 is 2.53 bits per heavy atom. The van der Waals surface area contributed by atoms with E-state index in [-0.39, 0.29) is 0 Å². The molecule has 1 unspecified atom stereocenters. The summed E-state index contributed by atoms with van der Waals surface area (Å²) in [7, 11) is 0. The van der Waals surface area contributed by atoms with Gasteiger partial charge in [-0.3, -0.25) is 4.79 Å². The summed E-state index contributed by atoms with van der Waals surface area (Å²) in [4.78, 5) is 11.0. The summed E-state index contributed by atoms with van der Waals surface area (Å²) in [6.45, 7) is 4.05. The number of hydrogen-bond donors (Lipinski definition) is 2. The Labute approximate surface area is 107 Å². The molecule has 0 radical (unpaired) electrons. The lowest BCUT2D eigenvalue weighted by atomic mass is 10.1. The predicted molar refractivity (Wildman–Crippen MR) is 71.8 cm³/mol. The second-order valence-electron chi connectivity index (χ2n) is 4.41. The highest BCUT2D eigenvalue weighted by Gasteiger charge is 2.17. The van der Waals surface area contributed by atoms with Gasteiger partial charge < -0.3 is 5.11 Å². The number of rotatable bonds is 7. The van der Waals surface area contributed by atoms with Crippen LogP contribution in [0.2, 0.25) is 0 Å². The molecule has 0 amide bonds. The second-order valence-corrected chi connectivity index (χ2v) is 5.23. The Bertz CT molecular complexity index is 341. The van der Waals surface area contributed by atoms with Gasteiger partial charge in [-0.25, -0.2) is 4.72 Å². The minimum absolute atomic E-state index is 0.376. The van der Waals surface area contributed by atoms with Crippen LogP contribution in [0.25, 0.3) is 0 Å². The van der Waals surface area contributed by atoms with Crippen LogP contribution >= 0.6 is 11.9 Å². The van der Waals surface area contributed by atoms with Crippen LogP contribution in [0, 0.1) is 5.92 Å². The standard InChI is InChI=1S/C13H19NO2S/c1-10(2)8-12(13(15)16)14-17-9-11-6-4-3-5-7-11/h3-7,10,12,14H,8-9H2,1-2H3,(H,15,16). The molecule has 0 saturated carbocycles. The number of carbonyl (C=O) groups is 1. The van der Waals surface area contributed by atoms with Crippen molar-refractivity contribution in [2.24, 2.45) is 5.92 Å². The van der Waals surface area contributed by atoms with Gasteiger partial charge >= 0.3 is 5.97 Å². The Balaban J connectivity index is 2.35. The van der Waals surface area contributed by atoms with Crippen molar-refractivity contribution in [3.05, 3.63) is 35.9 Å². The van der Waals surface area contributed by atoms with Gasteiger partial charge in [0.25, 0.3) is 0 Å². The van der Waals surface area contributed by atoms with Crippen LogP contribution in [-0.4, -0.2) is 17.1 Å². The maximum atomic E-state index is 11.0. The Kier molecular flexibility index (Phi) is 6.08. The maximum Gasteiger partial charge on any atom is 0.321 e. The molecule has 3 nitrogen and oxygen atoms in total. The topological polar surface area (TPSA) is 49.3 Å². The number of aliphatic carboxylic acids is 1. The van der Waals surface area contributed by atoms with E-state index < -0.39 is 12.0 Å². The van der Waals surface area contributed by atoms with Gasteiger partial charge in [-0.15, -0.1) is 0 Å². The third-order valence-electron chi connectivity index (χ3n) is 2.31. The lowest BCUT2D eigenvalue weighted by molar-refractivity contribution is -0.139. The molecular weight excluding hydrogens is 234 g/mol.